The van der Waals surface area contributed by atoms with Gasteiger partial charge in [-0.1, -0.05) is 0 Å². The molecule has 0 bridgehead atoms. The van der Waals surface area contributed by atoms with Gasteiger partial charge in [0.2, 0.25) is 23.3 Å². The molecule has 3 fully saturated rings. The Morgan fingerprint density at radius 3 is 1.65 bits per heavy atom. The highest BCUT2D eigenvalue weighted by Crippen LogP contribution is 2.28. The van der Waals surface area contributed by atoms with Gasteiger partial charge in [0.25, 0.3) is 0 Å². The second-order valence-electron chi connectivity index (χ2n) is 11.6. The number of halogens is 1. The first kappa shape index (κ1) is 29.1. The number of rotatable bonds is 6. The van der Waals surface area contributed by atoms with Crippen molar-refractivity contribution in [1.82, 2.24) is 29.3 Å². The Balaban J connectivity index is 1.26. The largest absolute Gasteiger partial charge is 0.477 e. The molecule has 13 nitrogen and oxygen atoms in total. The van der Waals surface area contributed by atoms with Crippen LogP contribution in [0.2, 0.25) is 0 Å². The van der Waals surface area contributed by atoms with E-state index in [0.717, 1.165) is 52.4 Å². The molecule has 0 saturated carbocycles. The Labute approximate surface area is 249 Å². The van der Waals surface area contributed by atoms with Gasteiger partial charge in [0, 0.05) is 96.7 Å². The van der Waals surface area contributed by atoms with Crippen LogP contribution in [0.1, 0.15) is 17.3 Å². The summed E-state index contributed by atoms with van der Waals surface area (Å²) in [4.78, 5) is 52.3. The number of pyridine rings is 1. The van der Waals surface area contributed by atoms with E-state index >= 15 is 4.39 Å². The van der Waals surface area contributed by atoms with E-state index in [1.165, 1.54) is 12.3 Å². The van der Waals surface area contributed by atoms with E-state index in [2.05, 4.69) is 38.6 Å². The number of hydrogen-bond donors (Lipinski definition) is 1. The Bertz CT molecular complexity index is 1520. The molecule has 43 heavy (non-hydrogen) atoms. The number of hydrogen-bond acceptors (Lipinski definition) is 11. The lowest BCUT2D eigenvalue weighted by molar-refractivity contribution is 0.0695. The fourth-order valence-corrected chi connectivity index (χ4v) is 5.98. The molecule has 3 saturated heterocycles. The van der Waals surface area contributed by atoms with Crippen LogP contribution in [0.25, 0.3) is 10.9 Å². The maximum absolute atomic E-state index is 15.4. The van der Waals surface area contributed by atoms with Crippen molar-refractivity contribution in [2.45, 2.75) is 13.5 Å². The molecule has 1 N–H and O–H groups in total. The smallest absolute Gasteiger partial charge is 0.341 e. The topological polar surface area (TPSA) is 117 Å². The van der Waals surface area contributed by atoms with Crippen molar-refractivity contribution in [3.63, 3.8) is 0 Å². The van der Waals surface area contributed by atoms with Gasteiger partial charge in [-0.25, -0.2) is 9.18 Å². The standard InChI is InChI=1S/C29H39FN10O3/c1-4-36-19-21(26(42)43)25(41)20-17-22(30)24(18-23(20)36)37-13-15-40(16-14-37)29-32-27(38-9-5-34(2)6-10-38)31-28(33-29)39-11-7-35(3)8-12-39/h17-19H,4-16H2,1-3H3,(H,42,43). The minimum atomic E-state index is -1.32. The van der Waals surface area contributed by atoms with E-state index in [1.54, 1.807) is 10.6 Å². The maximum atomic E-state index is 15.4. The minimum absolute atomic E-state index is 0.0692. The molecule has 14 heteroatoms. The first-order valence-corrected chi connectivity index (χ1v) is 14.9. The molecule has 0 unspecified atom stereocenters. The van der Waals surface area contributed by atoms with Gasteiger partial charge in [0.05, 0.1) is 11.2 Å². The van der Waals surface area contributed by atoms with Gasteiger partial charge in [-0.2, -0.15) is 15.0 Å². The average molecular weight is 595 g/mol. The third-order valence-corrected chi connectivity index (χ3v) is 8.80. The zero-order chi connectivity index (χ0) is 30.2. The van der Waals surface area contributed by atoms with Gasteiger partial charge in [-0.05, 0) is 33.2 Å². The normalized spacial score (nSPS) is 19.0. The number of aryl methyl sites for hydroxylation is 1. The van der Waals surface area contributed by atoms with Crippen molar-refractivity contribution in [3.8, 4) is 0 Å². The second kappa shape index (κ2) is 11.9. The molecule has 3 aliphatic rings. The fourth-order valence-electron chi connectivity index (χ4n) is 5.98. The molecule has 0 amide bonds. The zero-order valence-corrected chi connectivity index (χ0v) is 25.0. The maximum Gasteiger partial charge on any atom is 0.341 e. The highest BCUT2D eigenvalue weighted by Gasteiger charge is 2.27. The summed E-state index contributed by atoms with van der Waals surface area (Å²) in [6.45, 7) is 11.8. The van der Waals surface area contributed by atoms with Gasteiger partial charge in [0.15, 0.2) is 0 Å². The van der Waals surface area contributed by atoms with Crippen molar-refractivity contribution in [2.24, 2.45) is 0 Å². The number of aromatic nitrogens is 4. The molecule has 2 aromatic heterocycles. The molecular formula is C29H39FN10O3. The summed E-state index contributed by atoms with van der Waals surface area (Å²) in [7, 11) is 4.25. The number of carboxylic acid groups (broad SMARTS) is 1. The Morgan fingerprint density at radius 2 is 1.21 bits per heavy atom. The molecule has 1 aromatic carbocycles. The summed E-state index contributed by atoms with van der Waals surface area (Å²) in [5.74, 6) is 0.178. The van der Waals surface area contributed by atoms with Crippen molar-refractivity contribution in [1.29, 1.82) is 0 Å². The summed E-state index contributed by atoms with van der Waals surface area (Å²) in [6, 6.07) is 2.84. The van der Waals surface area contributed by atoms with E-state index in [1.807, 2.05) is 11.8 Å². The zero-order valence-electron chi connectivity index (χ0n) is 25.0. The monoisotopic (exact) mass is 594 g/mol. The molecule has 0 radical (unpaired) electrons. The van der Waals surface area contributed by atoms with Gasteiger partial charge >= 0.3 is 5.97 Å². The average Bonchev–Trinajstić information content (AvgIpc) is 3.01. The fraction of sp³-hybridized carbons (Fsp3) is 0.552. The van der Waals surface area contributed by atoms with Crippen LogP contribution in [-0.4, -0.2) is 133 Å². The number of likely N-dealkylation sites (N-methyl/N-ethyl adjacent to an activating group) is 2. The highest BCUT2D eigenvalue weighted by atomic mass is 19.1. The number of carboxylic acids is 1. The molecule has 230 valence electrons. The number of aromatic carboxylic acids is 1. The van der Waals surface area contributed by atoms with Gasteiger partial charge in [-0.15, -0.1) is 0 Å². The third kappa shape index (κ3) is 5.80. The summed E-state index contributed by atoms with van der Waals surface area (Å²) in [6.07, 6.45) is 1.34. The van der Waals surface area contributed by atoms with E-state index < -0.39 is 17.2 Å². The number of fused-ring (bicyclic) bond motifs is 1. The Morgan fingerprint density at radius 1 is 0.767 bits per heavy atom. The molecule has 3 aliphatic heterocycles. The van der Waals surface area contributed by atoms with Crippen molar-refractivity contribution in [2.75, 3.05) is 112 Å². The number of nitrogens with zero attached hydrogens (tertiary/aromatic N) is 10. The Hall–Kier alpha value is -4.04. The van der Waals surface area contributed by atoms with E-state index in [0.29, 0.717) is 61.8 Å². The Kier molecular flexibility index (Phi) is 8.05. The molecule has 0 atom stereocenters. The van der Waals surface area contributed by atoms with E-state index in [4.69, 9.17) is 15.0 Å². The van der Waals surface area contributed by atoms with Gasteiger partial charge < -0.3 is 39.1 Å². The lowest BCUT2D eigenvalue weighted by Crippen LogP contribution is -2.49. The third-order valence-electron chi connectivity index (χ3n) is 8.80. The van der Waals surface area contributed by atoms with Crippen molar-refractivity contribution in [3.05, 3.63) is 39.9 Å². The first-order chi connectivity index (χ1) is 20.7. The number of anilines is 4. The van der Waals surface area contributed by atoms with Crippen LogP contribution in [0, 0.1) is 5.82 Å². The van der Waals surface area contributed by atoms with Crippen LogP contribution in [0.15, 0.2) is 23.1 Å². The summed E-state index contributed by atoms with van der Waals surface area (Å²) in [5, 5.41) is 9.52. The lowest BCUT2D eigenvalue weighted by atomic mass is 10.1. The molecule has 0 aliphatic carbocycles. The molecule has 3 aromatic rings. The van der Waals surface area contributed by atoms with Gasteiger partial charge in [-0.3, -0.25) is 4.79 Å². The van der Waals surface area contributed by atoms with Crippen LogP contribution in [0.4, 0.5) is 27.9 Å². The molecular weight excluding hydrogens is 555 g/mol. The number of benzene rings is 1. The van der Waals surface area contributed by atoms with E-state index in [-0.39, 0.29) is 10.9 Å². The number of piperazine rings is 3. The predicted octanol–water partition coefficient (Wildman–Crippen LogP) is 0.874. The SMILES string of the molecule is CCn1cc(C(=O)O)c(=O)c2cc(F)c(N3CCN(c4nc(N5CCN(C)CC5)nc(N5CCN(C)CC5)n4)CC3)cc21. The van der Waals surface area contributed by atoms with Crippen LogP contribution in [-0.2, 0) is 6.54 Å². The molecule has 0 spiro atoms. The summed E-state index contributed by atoms with van der Waals surface area (Å²) < 4.78 is 17.1. The second-order valence-corrected chi connectivity index (χ2v) is 11.6. The van der Waals surface area contributed by atoms with Crippen LogP contribution in [0.3, 0.4) is 0 Å². The molecule has 5 heterocycles. The first-order valence-electron chi connectivity index (χ1n) is 14.9. The van der Waals surface area contributed by atoms with Crippen LogP contribution >= 0.6 is 0 Å². The minimum Gasteiger partial charge on any atom is -0.477 e. The summed E-state index contributed by atoms with van der Waals surface area (Å²) >= 11 is 0. The van der Waals surface area contributed by atoms with Crippen molar-refractivity contribution >= 4 is 40.4 Å². The quantitative estimate of drug-likeness (QED) is 0.437. The van der Waals surface area contributed by atoms with Crippen molar-refractivity contribution < 1.29 is 14.3 Å². The lowest BCUT2D eigenvalue weighted by Gasteiger charge is -2.38. The summed E-state index contributed by atoms with van der Waals surface area (Å²) in [5.41, 5.74) is -0.130. The highest BCUT2D eigenvalue weighted by molar-refractivity contribution is 5.93. The van der Waals surface area contributed by atoms with Crippen LogP contribution in [0.5, 0.6) is 0 Å². The number of carbonyl (C=O) groups is 1. The predicted molar refractivity (Wildman–Crippen MR) is 164 cm³/mol. The molecule has 6 rings (SSSR count). The van der Waals surface area contributed by atoms with Gasteiger partial charge in [0.1, 0.15) is 11.4 Å². The van der Waals surface area contributed by atoms with E-state index in [9.17, 15) is 14.7 Å². The van der Waals surface area contributed by atoms with Crippen LogP contribution < -0.4 is 25.0 Å².